The number of primary amides is 1. The van der Waals surface area contributed by atoms with E-state index in [0.717, 1.165) is 27.6 Å². The van der Waals surface area contributed by atoms with Crippen molar-refractivity contribution in [3.8, 4) is 0 Å². The molecule has 0 radical (unpaired) electrons. The number of H-pyrrole nitrogens is 1. The maximum absolute atomic E-state index is 12.9. The van der Waals surface area contributed by atoms with Gasteiger partial charge in [0.05, 0.1) is 0 Å². The smallest absolute Gasteiger partial charge is 0.252 e. The SMILES string of the molecule is Cc1ccc2[nH]c(=O)c(CN(Cc3ccc(C(N)=O)cc3)Cc3ccc(C(C)(C)C)cc3)cc2c1. The summed E-state index contributed by atoms with van der Waals surface area (Å²) in [7, 11) is 0. The predicted octanol–water partition coefficient (Wildman–Crippen LogP) is 5.44. The van der Waals surface area contributed by atoms with Gasteiger partial charge in [-0.1, -0.05) is 68.8 Å². The number of aryl methyl sites for hydroxylation is 1. The highest BCUT2D eigenvalue weighted by Crippen LogP contribution is 2.23. The Morgan fingerprint density at radius 1 is 0.857 bits per heavy atom. The number of nitrogens with one attached hydrogen (secondary N) is 1. The summed E-state index contributed by atoms with van der Waals surface area (Å²) in [6, 6.07) is 24.1. The third-order valence-electron chi connectivity index (χ3n) is 6.34. The molecule has 35 heavy (non-hydrogen) atoms. The van der Waals surface area contributed by atoms with Crippen molar-refractivity contribution in [3.63, 3.8) is 0 Å². The number of rotatable bonds is 7. The molecule has 3 aromatic carbocycles. The van der Waals surface area contributed by atoms with Crippen LogP contribution in [0.1, 0.15) is 58.9 Å². The summed E-state index contributed by atoms with van der Waals surface area (Å²) in [6.07, 6.45) is 0. The molecule has 0 atom stereocenters. The Kier molecular flexibility index (Phi) is 6.90. The number of amides is 1. The Bertz CT molecular complexity index is 1400. The van der Waals surface area contributed by atoms with Crippen LogP contribution in [0, 0.1) is 6.92 Å². The first-order chi connectivity index (χ1) is 16.6. The fourth-order valence-corrected chi connectivity index (χ4v) is 4.30. The largest absolute Gasteiger partial charge is 0.366 e. The predicted molar refractivity (Wildman–Crippen MR) is 142 cm³/mol. The van der Waals surface area contributed by atoms with E-state index in [-0.39, 0.29) is 11.0 Å². The van der Waals surface area contributed by atoms with Crippen LogP contribution in [-0.4, -0.2) is 15.8 Å². The maximum Gasteiger partial charge on any atom is 0.252 e. The number of nitrogens with zero attached hydrogens (tertiary/aromatic N) is 1. The Hall–Kier alpha value is -3.70. The zero-order valence-corrected chi connectivity index (χ0v) is 20.9. The normalized spacial score (nSPS) is 11.8. The monoisotopic (exact) mass is 467 g/mol. The van der Waals surface area contributed by atoms with Crippen molar-refractivity contribution < 1.29 is 4.79 Å². The lowest BCUT2D eigenvalue weighted by Gasteiger charge is -2.24. The van der Waals surface area contributed by atoms with Gasteiger partial charge < -0.3 is 10.7 Å². The van der Waals surface area contributed by atoms with Crippen LogP contribution in [0.2, 0.25) is 0 Å². The topological polar surface area (TPSA) is 79.2 Å². The summed E-state index contributed by atoms with van der Waals surface area (Å²) in [5.41, 5.74) is 12.1. The minimum Gasteiger partial charge on any atom is -0.366 e. The van der Waals surface area contributed by atoms with Gasteiger partial charge in [0.15, 0.2) is 0 Å². The number of hydrogen-bond donors (Lipinski definition) is 2. The Morgan fingerprint density at radius 2 is 1.46 bits per heavy atom. The van der Waals surface area contributed by atoms with E-state index in [1.807, 2.05) is 37.3 Å². The molecule has 0 aliphatic rings. The van der Waals surface area contributed by atoms with Crippen LogP contribution in [-0.2, 0) is 25.0 Å². The number of aromatic nitrogens is 1. The molecule has 3 N–H and O–H groups in total. The fraction of sp³-hybridized carbons (Fsp3) is 0.267. The molecule has 5 nitrogen and oxygen atoms in total. The summed E-state index contributed by atoms with van der Waals surface area (Å²) in [6.45, 7) is 10.5. The van der Waals surface area contributed by atoms with Gasteiger partial charge in [0, 0.05) is 36.3 Å². The van der Waals surface area contributed by atoms with Gasteiger partial charge >= 0.3 is 0 Å². The van der Waals surface area contributed by atoms with Crippen molar-refractivity contribution in [2.45, 2.75) is 52.7 Å². The third-order valence-corrected chi connectivity index (χ3v) is 6.34. The maximum atomic E-state index is 12.9. The van der Waals surface area contributed by atoms with Gasteiger partial charge in [-0.05, 0) is 64.7 Å². The van der Waals surface area contributed by atoms with Gasteiger partial charge in [-0.2, -0.15) is 0 Å². The van der Waals surface area contributed by atoms with Crippen LogP contribution in [0.3, 0.4) is 0 Å². The zero-order chi connectivity index (χ0) is 25.2. The van der Waals surface area contributed by atoms with Gasteiger partial charge in [0.2, 0.25) is 5.91 Å². The Balaban J connectivity index is 1.64. The number of aromatic amines is 1. The summed E-state index contributed by atoms with van der Waals surface area (Å²) in [5, 5.41) is 1.03. The Labute approximate surface area is 206 Å². The van der Waals surface area contributed by atoms with E-state index < -0.39 is 5.91 Å². The van der Waals surface area contributed by atoms with Crippen LogP contribution >= 0.6 is 0 Å². The highest BCUT2D eigenvalue weighted by atomic mass is 16.1. The lowest BCUT2D eigenvalue weighted by atomic mass is 9.87. The lowest BCUT2D eigenvalue weighted by Crippen LogP contribution is -2.26. The number of benzene rings is 3. The average molecular weight is 468 g/mol. The summed E-state index contributed by atoms with van der Waals surface area (Å²) < 4.78 is 0. The molecule has 0 aliphatic heterocycles. The van der Waals surface area contributed by atoms with E-state index in [0.29, 0.717) is 25.2 Å². The van der Waals surface area contributed by atoms with E-state index in [1.54, 1.807) is 12.1 Å². The second-order valence-corrected chi connectivity index (χ2v) is 10.4. The molecule has 5 heteroatoms. The average Bonchev–Trinajstić information content (AvgIpc) is 2.80. The van der Waals surface area contributed by atoms with Crippen molar-refractivity contribution in [1.29, 1.82) is 0 Å². The molecule has 1 aromatic heterocycles. The molecule has 0 saturated carbocycles. The van der Waals surface area contributed by atoms with Crippen LogP contribution in [0.5, 0.6) is 0 Å². The first-order valence-corrected chi connectivity index (χ1v) is 11.9. The molecule has 0 saturated heterocycles. The molecule has 4 rings (SSSR count). The molecule has 1 amide bonds. The molecule has 180 valence electrons. The minimum absolute atomic E-state index is 0.0708. The summed E-state index contributed by atoms with van der Waals surface area (Å²) in [4.78, 5) is 29.6. The molecule has 4 aromatic rings. The second kappa shape index (κ2) is 9.88. The molecule has 1 heterocycles. The third kappa shape index (κ3) is 6.06. The highest BCUT2D eigenvalue weighted by Gasteiger charge is 2.15. The molecular weight excluding hydrogens is 434 g/mol. The summed E-state index contributed by atoms with van der Waals surface area (Å²) >= 11 is 0. The second-order valence-electron chi connectivity index (χ2n) is 10.4. The number of carbonyl (C=O) groups excluding carboxylic acids is 1. The minimum atomic E-state index is -0.440. The van der Waals surface area contributed by atoms with E-state index in [2.05, 4.69) is 61.0 Å². The van der Waals surface area contributed by atoms with E-state index >= 15 is 0 Å². The van der Waals surface area contributed by atoms with E-state index in [4.69, 9.17) is 5.73 Å². The van der Waals surface area contributed by atoms with Crippen molar-refractivity contribution >= 4 is 16.8 Å². The molecule has 0 unspecified atom stereocenters. The molecular formula is C30H33N3O2. The van der Waals surface area contributed by atoms with Gasteiger partial charge in [-0.15, -0.1) is 0 Å². The molecule has 0 bridgehead atoms. The van der Waals surface area contributed by atoms with Gasteiger partial charge in [0.1, 0.15) is 0 Å². The quantitative estimate of drug-likeness (QED) is 0.380. The van der Waals surface area contributed by atoms with Crippen LogP contribution < -0.4 is 11.3 Å². The van der Waals surface area contributed by atoms with Gasteiger partial charge in [-0.3, -0.25) is 14.5 Å². The van der Waals surface area contributed by atoms with Crippen molar-refractivity contribution in [2.75, 3.05) is 0 Å². The van der Waals surface area contributed by atoms with E-state index in [9.17, 15) is 9.59 Å². The number of nitrogens with two attached hydrogens (primary N) is 1. The lowest BCUT2D eigenvalue weighted by molar-refractivity contribution is 0.1000. The van der Waals surface area contributed by atoms with Crippen molar-refractivity contribution in [2.24, 2.45) is 5.73 Å². The highest BCUT2D eigenvalue weighted by molar-refractivity contribution is 5.92. The van der Waals surface area contributed by atoms with Crippen LogP contribution in [0.4, 0.5) is 0 Å². The number of hydrogen-bond acceptors (Lipinski definition) is 3. The van der Waals surface area contributed by atoms with Crippen molar-refractivity contribution in [3.05, 3.63) is 117 Å². The molecule has 0 spiro atoms. The first-order valence-electron chi connectivity index (χ1n) is 11.9. The van der Waals surface area contributed by atoms with Gasteiger partial charge in [0.25, 0.3) is 5.56 Å². The number of pyridine rings is 1. The van der Waals surface area contributed by atoms with Crippen LogP contribution in [0.25, 0.3) is 10.9 Å². The molecule has 0 aliphatic carbocycles. The summed E-state index contributed by atoms with van der Waals surface area (Å²) in [5.74, 6) is -0.440. The molecule has 0 fully saturated rings. The van der Waals surface area contributed by atoms with Crippen molar-refractivity contribution in [1.82, 2.24) is 9.88 Å². The van der Waals surface area contributed by atoms with Gasteiger partial charge in [-0.25, -0.2) is 0 Å². The standard InChI is InChI=1S/C30H33N3O2/c1-20-5-14-27-24(15-20)16-25(29(35)32-27)19-33(17-21-6-10-23(11-7-21)28(31)34)18-22-8-12-26(13-9-22)30(2,3)4/h5-16H,17-19H2,1-4H3,(H2,31,34)(H,32,35). The fourth-order valence-electron chi connectivity index (χ4n) is 4.30. The number of fused-ring (bicyclic) bond motifs is 1. The zero-order valence-electron chi connectivity index (χ0n) is 20.9. The van der Waals surface area contributed by atoms with E-state index in [1.165, 1.54) is 11.1 Å². The Morgan fingerprint density at radius 3 is 2.03 bits per heavy atom. The van der Waals surface area contributed by atoms with Crippen LogP contribution in [0.15, 0.2) is 77.6 Å². The number of carbonyl (C=O) groups is 1. The first kappa shape index (κ1) is 24.4.